The van der Waals surface area contributed by atoms with Crippen molar-refractivity contribution < 1.29 is 4.39 Å². The highest BCUT2D eigenvalue weighted by atomic mass is 19.1. The summed E-state index contributed by atoms with van der Waals surface area (Å²) in [7, 11) is 0. The molecule has 3 nitrogen and oxygen atoms in total. The molecule has 0 radical (unpaired) electrons. The summed E-state index contributed by atoms with van der Waals surface area (Å²) in [6.45, 7) is 1.72. The number of hydrogen-bond acceptors (Lipinski definition) is 1. The van der Waals surface area contributed by atoms with Gasteiger partial charge in [0, 0.05) is 13.1 Å². The summed E-state index contributed by atoms with van der Waals surface area (Å²) in [6.07, 6.45) is 2.34. The van der Waals surface area contributed by atoms with Crippen LogP contribution in [0.1, 0.15) is 12.8 Å². The van der Waals surface area contributed by atoms with E-state index in [-0.39, 0.29) is 6.54 Å². The molecule has 0 aromatic carbocycles. The summed E-state index contributed by atoms with van der Waals surface area (Å²) in [5.41, 5.74) is 5.57. The smallest absolute Gasteiger partial charge is 0.191 e. The Morgan fingerprint density at radius 2 is 2.09 bits per heavy atom. The monoisotopic (exact) mass is 159 g/mol. The highest BCUT2D eigenvalue weighted by molar-refractivity contribution is 5.78. The number of likely N-dealkylation sites (tertiary alicyclic amines) is 1. The van der Waals surface area contributed by atoms with Crippen molar-refractivity contribution in [1.29, 1.82) is 0 Å². The lowest BCUT2D eigenvalue weighted by Crippen LogP contribution is -2.35. The first kappa shape index (κ1) is 8.30. The van der Waals surface area contributed by atoms with Crippen molar-refractivity contribution in [3.63, 3.8) is 0 Å². The largest absolute Gasteiger partial charge is 0.370 e. The van der Waals surface area contributed by atoms with Crippen molar-refractivity contribution in [1.82, 2.24) is 4.90 Å². The Labute approximate surface area is 66.1 Å². The average Bonchev–Trinajstić information content (AvgIpc) is 2.52. The van der Waals surface area contributed by atoms with Crippen LogP contribution < -0.4 is 5.73 Å². The zero-order valence-electron chi connectivity index (χ0n) is 6.59. The summed E-state index contributed by atoms with van der Waals surface area (Å²) in [5.74, 6) is 0.500. The fourth-order valence-corrected chi connectivity index (χ4v) is 1.20. The van der Waals surface area contributed by atoms with Crippen molar-refractivity contribution in [3.05, 3.63) is 0 Å². The van der Waals surface area contributed by atoms with Gasteiger partial charge in [0.05, 0.1) is 6.54 Å². The predicted octanol–water partition coefficient (Wildman–Crippen LogP) is 0.366. The highest BCUT2D eigenvalue weighted by Gasteiger charge is 2.12. The molecule has 1 aliphatic rings. The molecule has 0 aromatic heterocycles. The van der Waals surface area contributed by atoms with Crippen molar-refractivity contribution in [2.75, 3.05) is 26.3 Å². The molecule has 2 N–H and O–H groups in total. The first-order valence-electron chi connectivity index (χ1n) is 3.95. The molecule has 64 valence electrons. The SMILES string of the molecule is NC(=NCCF)N1CCCC1. The Morgan fingerprint density at radius 3 is 2.64 bits per heavy atom. The molecule has 0 unspecified atom stereocenters. The Morgan fingerprint density at radius 1 is 1.45 bits per heavy atom. The lowest BCUT2D eigenvalue weighted by Gasteiger charge is -2.15. The van der Waals surface area contributed by atoms with E-state index < -0.39 is 6.67 Å². The maximum atomic E-state index is 11.7. The lowest BCUT2D eigenvalue weighted by atomic mass is 10.4. The van der Waals surface area contributed by atoms with Gasteiger partial charge in [-0.3, -0.25) is 4.99 Å². The topological polar surface area (TPSA) is 41.6 Å². The highest BCUT2D eigenvalue weighted by Crippen LogP contribution is 2.05. The van der Waals surface area contributed by atoms with Crippen LogP contribution in [0.4, 0.5) is 4.39 Å². The van der Waals surface area contributed by atoms with Gasteiger partial charge in [-0.25, -0.2) is 4.39 Å². The Balaban J connectivity index is 2.32. The fraction of sp³-hybridized carbons (Fsp3) is 0.857. The van der Waals surface area contributed by atoms with Gasteiger partial charge in [-0.05, 0) is 12.8 Å². The van der Waals surface area contributed by atoms with Crippen LogP contribution in [0, 0.1) is 0 Å². The number of rotatable bonds is 2. The quantitative estimate of drug-likeness (QED) is 0.467. The van der Waals surface area contributed by atoms with Gasteiger partial charge in [0.2, 0.25) is 0 Å². The summed E-state index contributed by atoms with van der Waals surface area (Å²) < 4.78 is 11.7. The van der Waals surface area contributed by atoms with E-state index in [4.69, 9.17) is 5.73 Å². The molecule has 0 bridgehead atoms. The van der Waals surface area contributed by atoms with Gasteiger partial charge in [-0.15, -0.1) is 0 Å². The van der Waals surface area contributed by atoms with Crippen LogP contribution in [-0.2, 0) is 0 Å². The zero-order valence-corrected chi connectivity index (χ0v) is 6.59. The maximum Gasteiger partial charge on any atom is 0.191 e. The molecular formula is C7H14FN3. The molecule has 0 amide bonds. The molecule has 1 saturated heterocycles. The van der Waals surface area contributed by atoms with Crippen LogP contribution in [0.3, 0.4) is 0 Å². The van der Waals surface area contributed by atoms with Gasteiger partial charge in [-0.1, -0.05) is 0 Å². The van der Waals surface area contributed by atoms with Crippen LogP contribution in [0.25, 0.3) is 0 Å². The van der Waals surface area contributed by atoms with Crippen molar-refractivity contribution in [2.45, 2.75) is 12.8 Å². The number of alkyl halides is 1. The van der Waals surface area contributed by atoms with Crippen LogP contribution in [0.2, 0.25) is 0 Å². The third kappa shape index (κ3) is 2.37. The average molecular weight is 159 g/mol. The molecule has 0 aliphatic carbocycles. The minimum atomic E-state index is -0.422. The van der Waals surface area contributed by atoms with E-state index in [1.165, 1.54) is 12.8 Å². The molecule has 1 aliphatic heterocycles. The summed E-state index contributed by atoms with van der Waals surface area (Å²) in [6, 6.07) is 0. The van der Waals surface area contributed by atoms with Gasteiger partial charge >= 0.3 is 0 Å². The number of halogens is 1. The Kier molecular flexibility index (Phi) is 3.14. The van der Waals surface area contributed by atoms with E-state index in [1.54, 1.807) is 0 Å². The minimum absolute atomic E-state index is 0.197. The van der Waals surface area contributed by atoms with Crippen LogP contribution in [-0.4, -0.2) is 37.2 Å². The van der Waals surface area contributed by atoms with Crippen molar-refractivity contribution in [2.24, 2.45) is 10.7 Å². The third-order valence-electron chi connectivity index (χ3n) is 1.79. The summed E-state index contributed by atoms with van der Waals surface area (Å²) in [5, 5.41) is 0. The maximum absolute atomic E-state index is 11.7. The second-order valence-electron chi connectivity index (χ2n) is 2.62. The molecule has 1 heterocycles. The number of nitrogens with two attached hydrogens (primary N) is 1. The fourth-order valence-electron chi connectivity index (χ4n) is 1.20. The molecule has 1 fully saturated rings. The van der Waals surface area contributed by atoms with Gasteiger partial charge < -0.3 is 10.6 Å². The summed E-state index contributed by atoms with van der Waals surface area (Å²) in [4.78, 5) is 5.87. The van der Waals surface area contributed by atoms with Crippen LogP contribution in [0.15, 0.2) is 4.99 Å². The van der Waals surface area contributed by atoms with Gasteiger partial charge in [0.25, 0.3) is 0 Å². The van der Waals surface area contributed by atoms with Crippen LogP contribution in [0.5, 0.6) is 0 Å². The first-order valence-corrected chi connectivity index (χ1v) is 3.95. The Hall–Kier alpha value is -0.800. The standard InChI is InChI=1S/C7H14FN3/c8-3-4-10-7(9)11-5-1-2-6-11/h1-6H2,(H2,9,10). The molecule has 0 aromatic rings. The minimum Gasteiger partial charge on any atom is -0.370 e. The lowest BCUT2D eigenvalue weighted by molar-refractivity contribution is 0.487. The van der Waals surface area contributed by atoms with E-state index in [0.29, 0.717) is 5.96 Å². The van der Waals surface area contributed by atoms with E-state index in [0.717, 1.165) is 13.1 Å². The van der Waals surface area contributed by atoms with Crippen molar-refractivity contribution in [3.8, 4) is 0 Å². The predicted molar refractivity (Wildman–Crippen MR) is 43.3 cm³/mol. The van der Waals surface area contributed by atoms with Crippen LogP contribution >= 0.6 is 0 Å². The first-order chi connectivity index (χ1) is 5.34. The van der Waals surface area contributed by atoms with E-state index in [9.17, 15) is 4.39 Å². The molecule has 11 heavy (non-hydrogen) atoms. The second-order valence-corrected chi connectivity index (χ2v) is 2.62. The van der Waals surface area contributed by atoms with Gasteiger partial charge in [-0.2, -0.15) is 0 Å². The van der Waals surface area contributed by atoms with E-state index in [2.05, 4.69) is 4.99 Å². The number of aliphatic imine (C=N–C) groups is 1. The van der Waals surface area contributed by atoms with Gasteiger partial charge in [0.15, 0.2) is 5.96 Å². The zero-order chi connectivity index (χ0) is 8.10. The molecule has 1 rings (SSSR count). The number of nitrogens with zero attached hydrogens (tertiary/aromatic N) is 2. The molecule has 4 heteroatoms. The molecule has 0 spiro atoms. The molecule has 0 atom stereocenters. The second kappa shape index (κ2) is 4.16. The van der Waals surface area contributed by atoms with Crippen molar-refractivity contribution >= 4 is 5.96 Å². The third-order valence-corrected chi connectivity index (χ3v) is 1.79. The van der Waals surface area contributed by atoms with E-state index >= 15 is 0 Å². The van der Waals surface area contributed by atoms with Gasteiger partial charge in [0.1, 0.15) is 6.67 Å². The molecular weight excluding hydrogens is 145 g/mol. The van der Waals surface area contributed by atoms with E-state index in [1.807, 2.05) is 4.90 Å². The number of hydrogen-bond donors (Lipinski definition) is 1. The Bertz CT molecular complexity index is 141. The summed E-state index contributed by atoms with van der Waals surface area (Å²) >= 11 is 0. The number of guanidine groups is 1. The molecule has 0 saturated carbocycles. The normalized spacial score (nSPS) is 19.4.